The lowest BCUT2D eigenvalue weighted by molar-refractivity contribution is -0.138. The Hall–Kier alpha value is -5.76. The number of esters is 1. The highest BCUT2D eigenvalue weighted by Gasteiger charge is 2.33. The van der Waals surface area contributed by atoms with E-state index >= 15 is 0 Å². The number of amides is 6. The van der Waals surface area contributed by atoms with E-state index in [1.165, 1.54) is 6.08 Å². The van der Waals surface area contributed by atoms with E-state index in [1.807, 2.05) is 0 Å². The van der Waals surface area contributed by atoms with Crippen molar-refractivity contribution >= 4 is 48.3 Å². The number of hydrogen-bond acceptors (Lipinski definition) is 15. The highest BCUT2D eigenvalue weighted by atomic mass is 16.6. The quantitative estimate of drug-likeness (QED) is 0.0203. The average Bonchev–Trinajstić information content (AvgIpc) is 3.68. The van der Waals surface area contributed by atoms with Crippen LogP contribution >= 0.6 is 0 Å². The Morgan fingerprint density at radius 3 is 0.841 bits per heavy atom. The van der Waals surface area contributed by atoms with Crippen molar-refractivity contribution in [3.8, 4) is 0 Å². The first-order chi connectivity index (χ1) is 39.5. The molecule has 21 nitrogen and oxygen atoms in total. The van der Waals surface area contributed by atoms with E-state index in [4.69, 9.17) is 33.2 Å². The first kappa shape index (κ1) is 82.2. The van der Waals surface area contributed by atoms with Gasteiger partial charge >= 0.3 is 42.5 Å². The molecule has 510 valence electrons. The molecule has 6 saturated carbocycles. The lowest BCUT2D eigenvalue weighted by Crippen LogP contribution is -2.42. The topological polar surface area (TPSA) is 273 Å². The number of carbonyl (C=O) groups excluding carboxylic acids is 8. The van der Waals surface area contributed by atoms with Crippen LogP contribution in [0.2, 0.25) is 0 Å². The molecule has 0 aromatic carbocycles. The lowest BCUT2D eigenvalue weighted by atomic mass is 9.76. The summed E-state index contributed by atoms with van der Waals surface area (Å²) in [7, 11) is 0. The molecular formula is C67H122N6O15. The van der Waals surface area contributed by atoms with Crippen LogP contribution in [0.25, 0.3) is 0 Å². The summed E-state index contributed by atoms with van der Waals surface area (Å²) in [5.74, 6) is 2.95. The molecule has 0 aromatic rings. The van der Waals surface area contributed by atoms with Crippen LogP contribution < -0.4 is 31.9 Å². The van der Waals surface area contributed by atoms with Crippen LogP contribution in [0.15, 0.2) is 25.3 Å². The van der Waals surface area contributed by atoms with Crippen molar-refractivity contribution in [1.29, 1.82) is 0 Å². The Kier molecular flexibility index (Phi) is 41.7. The third-order valence-electron chi connectivity index (χ3n) is 18.1. The Morgan fingerprint density at radius 1 is 0.341 bits per heavy atom. The van der Waals surface area contributed by atoms with Crippen molar-refractivity contribution in [2.45, 2.75) is 287 Å². The standard InChI is InChI=1S/C61H98N6O15.6CH4/c1-5-54(68)31-32-77-56(70)62-48-19-7-42(8-20-48)36-46-15-27-52(28-16-46)66-60(74)81-41(4)39-80-59(73)65-51-25-13-45(14-26-51)37-47-17-29-53(30-18-47)67-61(75)82-40(3)38-79-58(72)64-50-23-11-44(12-24-50)35-43-9-21-49(22-10-43)63-57(71)78-34-33-76-55(69)6-2;;;;;;/h5-6,40-53H,1-2,7-39H2,3-4H3,(H,62,70)(H,63,71)(H,64,72)(H,65,73)(H,66,74)(H,67,75);6*1H4. The van der Waals surface area contributed by atoms with Gasteiger partial charge in [-0.05, 0) is 229 Å². The van der Waals surface area contributed by atoms with Crippen LogP contribution in [0, 0.1) is 35.5 Å². The molecule has 6 fully saturated rings. The van der Waals surface area contributed by atoms with E-state index in [0.29, 0.717) is 35.5 Å². The summed E-state index contributed by atoms with van der Waals surface area (Å²) >= 11 is 0. The number of hydrogen-bond donors (Lipinski definition) is 6. The second-order valence-electron chi connectivity index (χ2n) is 24.6. The Balaban J connectivity index is 0.0000126. The second-order valence-corrected chi connectivity index (χ2v) is 24.6. The first-order valence-electron chi connectivity index (χ1n) is 31.2. The van der Waals surface area contributed by atoms with E-state index in [0.717, 1.165) is 179 Å². The fourth-order valence-electron chi connectivity index (χ4n) is 13.4. The van der Waals surface area contributed by atoms with Crippen molar-refractivity contribution in [3.05, 3.63) is 25.3 Å². The van der Waals surface area contributed by atoms with Crippen LogP contribution in [0.1, 0.15) is 238 Å². The van der Waals surface area contributed by atoms with Gasteiger partial charge in [0.05, 0.1) is 0 Å². The van der Waals surface area contributed by atoms with E-state index in [-0.39, 0.29) is 126 Å². The van der Waals surface area contributed by atoms with Gasteiger partial charge in [-0.2, -0.15) is 0 Å². The zero-order chi connectivity index (χ0) is 58.6. The molecule has 6 rings (SSSR count). The van der Waals surface area contributed by atoms with Gasteiger partial charge in [0.15, 0.2) is 5.78 Å². The van der Waals surface area contributed by atoms with Gasteiger partial charge in [-0.15, -0.1) is 0 Å². The molecule has 6 N–H and O–H groups in total. The van der Waals surface area contributed by atoms with Crippen LogP contribution in [0.3, 0.4) is 0 Å². The molecule has 2 atom stereocenters. The number of alkyl carbamates (subject to hydrolysis) is 6. The van der Waals surface area contributed by atoms with Gasteiger partial charge in [-0.1, -0.05) is 57.7 Å². The normalized spacial score (nSPS) is 27.0. The van der Waals surface area contributed by atoms with E-state index < -0.39 is 54.7 Å². The molecule has 0 saturated heterocycles. The van der Waals surface area contributed by atoms with E-state index in [1.54, 1.807) is 13.8 Å². The summed E-state index contributed by atoms with van der Waals surface area (Å²) in [5.41, 5.74) is 0. The molecule has 6 aliphatic rings. The highest BCUT2D eigenvalue weighted by molar-refractivity contribution is 5.89. The third kappa shape index (κ3) is 32.1. The zero-order valence-electron chi connectivity index (χ0n) is 49.1. The smallest absolute Gasteiger partial charge is 0.407 e. The minimum absolute atomic E-state index is 0. The predicted molar refractivity (Wildman–Crippen MR) is 346 cm³/mol. The average molecular weight is 1250 g/mol. The molecule has 2 unspecified atom stereocenters. The Morgan fingerprint density at radius 2 is 0.580 bits per heavy atom. The summed E-state index contributed by atoms with van der Waals surface area (Å²) in [6.07, 6.45) is 25.0. The van der Waals surface area contributed by atoms with Crippen molar-refractivity contribution in [3.63, 3.8) is 0 Å². The molecule has 6 aliphatic carbocycles. The number of nitrogens with one attached hydrogen (secondary N) is 6. The number of ketones is 1. The van der Waals surface area contributed by atoms with Gasteiger partial charge in [0.1, 0.15) is 45.2 Å². The maximum Gasteiger partial charge on any atom is 0.407 e. The monoisotopic (exact) mass is 1250 g/mol. The highest BCUT2D eigenvalue weighted by Crippen LogP contribution is 2.38. The van der Waals surface area contributed by atoms with Gasteiger partial charge in [-0.3, -0.25) is 4.79 Å². The third-order valence-corrected chi connectivity index (χ3v) is 18.1. The van der Waals surface area contributed by atoms with Crippen LogP contribution in [0.4, 0.5) is 28.8 Å². The first-order valence-corrected chi connectivity index (χ1v) is 31.2. The minimum Gasteiger partial charge on any atom is -0.459 e. The molecule has 0 radical (unpaired) electrons. The van der Waals surface area contributed by atoms with Crippen molar-refractivity contribution in [1.82, 2.24) is 31.9 Å². The Bertz CT molecular complexity index is 2030. The SMILES string of the molecule is C.C.C.C.C.C.C=CC(=O)CCOC(=O)NC1CCC(CC2CCC(NC(=O)OC(C)COC(=O)NC3CCC(CC4CCC(NC(=O)OC(C)COC(=O)NC5CCC(CC6CCC(NC(=O)OCCOC(=O)C=C)CC6)CC5)CC4)CC3)CC2)CC1. The van der Waals surface area contributed by atoms with Gasteiger partial charge < -0.3 is 65.1 Å². The molecule has 88 heavy (non-hydrogen) atoms. The molecule has 0 bridgehead atoms. The summed E-state index contributed by atoms with van der Waals surface area (Å²) in [6, 6.07) is 0.376. The summed E-state index contributed by atoms with van der Waals surface area (Å²) in [6.45, 7) is 10.2. The van der Waals surface area contributed by atoms with Gasteiger partial charge in [0.2, 0.25) is 0 Å². The maximum absolute atomic E-state index is 12.8. The summed E-state index contributed by atoms with van der Waals surface area (Å²) in [5, 5.41) is 17.9. The minimum atomic E-state index is -0.594. The molecule has 0 aliphatic heterocycles. The maximum atomic E-state index is 12.8. The largest absolute Gasteiger partial charge is 0.459 e. The van der Waals surface area contributed by atoms with Crippen molar-refractivity contribution in [2.24, 2.45) is 35.5 Å². The van der Waals surface area contributed by atoms with Crippen LogP contribution in [-0.4, -0.2) is 130 Å². The predicted octanol–water partition coefficient (Wildman–Crippen LogP) is 14.3. The Labute approximate surface area is 530 Å². The van der Waals surface area contributed by atoms with Gasteiger partial charge in [0.25, 0.3) is 0 Å². The van der Waals surface area contributed by atoms with E-state index in [2.05, 4.69) is 45.1 Å². The molecular weight excluding hydrogens is 1130 g/mol. The van der Waals surface area contributed by atoms with Gasteiger partial charge in [0, 0.05) is 48.7 Å². The van der Waals surface area contributed by atoms with E-state index in [9.17, 15) is 38.4 Å². The molecule has 21 heteroatoms. The summed E-state index contributed by atoms with van der Waals surface area (Å²) < 4.78 is 37.1. The van der Waals surface area contributed by atoms with Crippen molar-refractivity contribution < 1.29 is 71.5 Å². The molecule has 0 heterocycles. The molecule has 6 amide bonds. The second kappa shape index (κ2) is 44.6. The number of rotatable bonds is 26. The molecule has 0 spiro atoms. The number of allylic oxidation sites excluding steroid dienone is 1. The molecule has 0 aromatic heterocycles. The number of ether oxygens (including phenoxy) is 7. The lowest BCUT2D eigenvalue weighted by Gasteiger charge is -2.34. The van der Waals surface area contributed by atoms with Gasteiger partial charge in [-0.25, -0.2) is 33.6 Å². The van der Waals surface area contributed by atoms with Crippen LogP contribution in [-0.2, 0) is 42.7 Å². The fraction of sp³-hybridized carbons (Fsp3) is 0.821. The zero-order valence-corrected chi connectivity index (χ0v) is 49.1. The number of carbonyl (C=O) groups is 8. The fourth-order valence-corrected chi connectivity index (χ4v) is 13.4. The van der Waals surface area contributed by atoms with Crippen molar-refractivity contribution in [2.75, 3.05) is 33.0 Å². The van der Waals surface area contributed by atoms with Crippen LogP contribution in [0.5, 0.6) is 0 Å². The summed E-state index contributed by atoms with van der Waals surface area (Å²) in [4.78, 5) is 97.5.